The van der Waals surface area contributed by atoms with Crippen molar-refractivity contribution in [2.24, 2.45) is 11.8 Å². The lowest BCUT2D eigenvalue weighted by Crippen LogP contribution is -2.52. The molecule has 3 atom stereocenters. The molecule has 1 aromatic carbocycles. The summed E-state index contributed by atoms with van der Waals surface area (Å²) in [6.45, 7) is 6.03. The number of likely N-dealkylation sites (tertiary alicyclic amines) is 1. The van der Waals surface area contributed by atoms with Crippen LogP contribution in [0.4, 0.5) is 9.18 Å². The molecule has 35 heavy (non-hydrogen) atoms. The highest BCUT2D eigenvalue weighted by molar-refractivity contribution is 5.74. The number of ether oxygens (including phenoxy) is 2. The second-order valence-electron chi connectivity index (χ2n) is 10.2. The van der Waals surface area contributed by atoms with Crippen LogP contribution in [-0.2, 0) is 9.47 Å². The number of rotatable bonds is 13. The maximum absolute atomic E-state index is 14.0. The van der Waals surface area contributed by atoms with Gasteiger partial charge in [0.15, 0.2) is 0 Å². The van der Waals surface area contributed by atoms with Gasteiger partial charge in [-0.15, -0.1) is 0 Å². The molecule has 1 aromatic rings. The van der Waals surface area contributed by atoms with E-state index < -0.39 is 0 Å². The minimum Gasteiger partial charge on any atom is -0.382 e. The predicted octanol–water partition coefficient (Wildman–Crippen LogP) is 5.29. The number of carbonyl (C=O) groups excluding carboxylic acids is 1. The number of halogens is 1. The summed E-state index contributed by atoms with van der Waals surface area (Å²) < 4.78 is 25.8. The van der Waals surface area contributed by atoms with E-state index in [1.54, 1.807) is 12.1 Å². The largest absolute Gasteiger partial charge is 0.382 e. The summed E-state index contributed by atoms with van der Waals surface area (Å²) in [7, 11) is 1.95. The molecular formula is C28H46FN3O3. The standard InChI is InChI=1S/C28H46FN3O3/c1-3-34-16-9-17-35-27(23-12-7-14-25(29)19-23)24-13-8-15-32(21-24)28(33)31-26(20-30-2)18-22-10-5-4-6-11-22/h7,12,14,19,22,24,26-27,30H,3-6,8-11,13,15-18,20-21H2,1-2H3,(H,31,33)/t24-,26?,27+/m1/s1. The second-order valence-corrected chi connectivity index (χ2v) is 10.2. The second kappa shape index (κ2) is 15.4. The Kier molecular flexibility index (Phi) is 12.3. The molecule has 0 radical (unpaired) electrons. The molecule has 198 valence electrons. The van der Waals surface area contributed by atoms with Crippen molar-refractivity contribution < 1.29 is 18.7 Å². The van der Waals surface area contributed by atoms with Crippen LogP contribution >= 0.6 is 0 Å². The van der Waals surface area contributed by atoms with Crippen molar-refractivity contribution in [2.75, 3.05) is 46.5 Å². The van der Waals surface area contributed by atoms with Crippen molar-refractivity contribution in [3.8, 4) is 0 Å². The minimum absolute atomic E-state index is 0.0140. The Hall–Kier alpha value is -1.70. The van der Waals surface area contributed by atoms with E-state index >= 15 is 0 Å². The van der Waals surface area contributed by atoms with Crippen LogP contribution in [0.1, 0.15) is 76.4 Å². The Labute approximate surface area is 211 Å². The summed E-state index contributed by atoms with van der Waals surface area (Å²) in [5.41, 5.74) is 0.846. The molecular weight excluding hydrogens is 445 g/mol. The number of hydrogen-bond acceptors (Lipinski definition) is 4. The van der Waals surface area contributed by atoms with Gasteiger partial charge in [-0.1, -0.05) is 44.2 Å². The number of hydrogen-bond donors (Lipinski definition) is 2. The number of benzene rings is 1. The number of urea groups is 1. The van der Waals surface area contributed by atoms with Gasteiger partial charge in [0.2, 0.25) is 0 Å². The van der Waals surface area contributed by atoms with E-state index in [1.165, 1.54) is 38.2 Å². The summed E-state index contributed by atoms with van der Waals surface area (Å²) in [5.74, 6) is 0.580. The third kappa shape index (κ3) is 9.36. The molecule has 1 saturated heterocycles. The fourth-order valence-corrected chi connectivity index (χ4v) is 5.68. The Morgan fingerprint density at radius 3 is 2.74 bits per heavy atom. The molecule has 2 N–H and O–H groups in total. The van der Waals surface area contributed by atoms with Gasteiger partial charge in [-0.05, 0) is 63.3 Å². The van der Waals surface area contributed by atoms with Crippen LogP contribution in [-0.4, -0.2) is 63.5 Å². The molecule has 2 aliphatic rings. The summed E-state index contributed by atoms with van der Waals surface area (Å²) in [6, 6.07) is 6.86. The van der Waals surface area contributed by atoms with E-state index in [0.717, 1.165) is 44.3 Å². The molecule has 6 nitrogen and oxygen atoms in total. The lowest BCUT2D eigenvalue weighted by atomic mass is 9.85. The van der Waals surface area contributed by atoms with Gasteiger partial charge in [0.05, 0.1) is 6.10 Å². The van der Waals surface area contributed by atoms with Crippen LogP contribution in [0.2, 0.25) is 0 Å². The Balaban J connectivity index is 1.61. The monoisotopic (exact) mass is 491 g/mol. The minimum atomic E-state index is -0.256. The molecule has 1 aliphatic carbocycles. The number of nitrogens with one attached hydrogen (secondary N) is 2. The number of likely N-dealkylation sites (N-methyl/N-ethyl adjacent to an activating group) is 1. The Bertz CT molecular complexity index is 744. The van der Waals surface area contributed by atoms with E-state index in [1.807, 2.05) is 24.9 Å². The highest BCUT2D eigenvalue weighted by Gasteiger charge is 2.32. The van der Waals surface area contributed by atoms with Crippen LogP contribution in [0, 0.1) is 17.7 Å². The zero-order chi connectivity index (χ0) is 24.9. The zero-order valence-corrected chi connectivity index (χ0v) is 21.8. The van der Waals surface area contributed by atoms with Crippen molar-refractivity contribution in [1.82, 2.24) is 15.5 Å². The summed E-state index contributed by atoms with van der Waals surface area (Å²) in [5, 5.41) is 6.57. The number of piperidine rings is 1. The van der Waals surface area contributed by atoms with Crippen molar-refractivity contribution in [1.29, 1.82) is 0 Å². The summed E-state index contributed by atoms with van der Waals surface area (Å²) in [4.78, 5) is 15.2. The molecule has 0 spiro atoms. The first kappa shape index (κ1) is 27.9. The molecule has 0 aromatic heterocycles. The van der Waals surface area contributed by atoms with Gasteiger partial charge in [0.25, 0.3) is 0 Å². The van der Waals surface area contributed by atoms with Crippen LogP contribution in [0.15, 0.2) is 24.3 Å². The first-order chi connectivity index (χ1) is 17.1. The first-order valence-corrected chi connectivity index (χ1v) is 13.8. The van der Waals surface area contributed by atoms with Gasteiger partial charge < -0.3 is 25.0 Å². The zero-order valence-electron chi connectivity index (χ0n) is 21.8. The van der Waals surface area contributed by atoms with Crippen molar-refractivity contribution in [3.05, 3.63) is 35.6 Å². The average molecular weight is 492 g/mol. The van der Waals surface area contributed by atoms with E-state index in [0.29, 0.717) is 32.3 Å². The quantitative estimate of drug-likeness (QED) is 0.368. The average Bonchev–Trinajstić information content (AvgIpc) is 2.87. The van der Waals surface area contributed by atoms with Crippen LogP contribution < -0.4 is 10.6 Å². The fraction of sp³-hybridized carbons (Fsp3) is 0.750. The Morgan fingerprint density at radius 2 is 2.00 bits per heavy atom. The molecule has 1 unspecified atom stereocenters. The molecule has 0 bridgehead atoms. The van der Waals surface area contributed by atoms with Crippen LogP contribution in [0.25, 0.3) is 0 Å². The summed E-state index contributed by atoms with van der Waals surface area (Å²) >= 11 is 0. The molecule has 1 aliphatic heterocycles. The molecule has 3 rings (SSSR count). The predicted molar refractivity (Wildman–Crippen MR) is 138 cm³/mol. The van der Waals surface area contributed by atoms with Crippen LogP contribution in [0.5, 0.6) is 0 Å². The maximum Gasteiger partial charge on any atom is 0.317 e. The lowest BCUT2D eigenvalue weighted by Gasteiger charge is -2.38. The fourth-order valence-electron chi connectivity index (χ4n) is 5.68. The number of nitrogens with zero attached hydrogens (tertiary/aromatic N) is 1. The van der Waals surface area contributed by atoms with E-state index in [4.69, 9.17) is 9.47 Å². The maximum atomic E-state index is 14.0. The van der Waals surface area contributed by atoms with Crippen molar-refractivity contribution in [3.63, 3.8) is 0 Å². The topological polar surface area (TPSA) is 62.8 Å². The third-order valence-electron chi connectivity index (χ3n) is 7.41. The molecule has 7 heteroatoms. The molecule has 1 saturated carbocycles. The van der Waals surface area contributed by atoms with Gasteiger partial charge in [-0.25, -0.2) is 9.18 Å². The van der Waals surface area contributed by atoms with Gasteiger partial charge in [0, 0.05) is 51.4 Å². The SMILES string of the molecule is CCOCCCO[C@@H](c1cccc(F)c1)[C@@H]1CCCN(C(=O)NC(CNC)CC2CCCCC2)C1. The first-order valence-electron chi connectivity index (χ1n) is 13.8. The molecule has 1 heterocycles. The molecule has 2 fully saturated rings. The summed E-state index contributed by atoms with van der Waals surface area (Å²) in [6.07, 6.45) is 9.99. The van der Waals surface area contributed by atoms with Crippen molar-refractivity contribution in [2.45, 2.75) is 76.9 Å². The number of carbonyl (C=O) groups is 1. The molecule has 2 amide bonds. The normalized spacial score (nSPS) is 21.0. The van der Waals surface area contributed by atoms with Gasteiger partial charge in [-0.2, -0.15) is 0 Å². The Morgan fingerprint density at radius 1 is 1.17 bits per heavy atom. The lowest BCUT2D eigenvalue weighted by molar-refractivity contribution is -0.0186. The number of amides is 2. The van der Waals surface area contributed by atoms with Crippen molar-refractivity contribution >= 4 is 6.03 Å². The third-order valence-corrected chi connectivity index (χ3v) is 7.41. The van der Waals surface area contributed by atoms with E-state index in [2.05, 4.69) is 10.6 Å². The van der Waals surface area contributed by atoms with Gasteiger partial charge in [0.1, 0.15) is 5.82 Å². The highest BCUT2D eigenvalue weighted by Crippen LogP contribution is 2.34. The van der Waals surface area contributed by atoms with Gasteiger partial charge in [-0.3, -0.25) is 0 Å². The smallest absolute Gasteiger partial charge is 0.317 e. The van der Waals surface area contributed by atoms with E-state index in [9.17, 15) is 9.18 Å². The van der Waals surface area contributed by atoms with Gasteiger partial charge >= 0.3 is 6.03 Å². The highest BCUT2D eigenvalue weighted by atomic mass is 19.1. The van der Waals surface area contributed by atoms with E-state index in [-0.39, 0.29) is 29.9 Å². The van der Waals surface area contributed by atoms with Crippen LogP contribution in [0.3, 0.4) is 0 Å².